The van der Waals surface area contributed by atoms with Crippen molar-refractivity contribution in [3.8, 4) is 0 Å². The van der Waals surface area contributed by atoms with Crippen LogP contribution in [0.5, 0.6) is 0 Å². The summed E-state index contributed by atoms with van der Waals surface area (Å²) in [5.74, 6) is -0.0866. The van der Waals surface area contributed by atoms with Crippen LogP contribution in [0.15, 0.2) is 0 Å². The van der Waals surface area contributed by atoms with Crippen molar-refractivity contribution in [2.45, 2.75) is 51.1 Å². The number of halogens is 1. The summed E-state index contributed by atoms with van der Waals surface area (Å²) >= 11 is 0. The number of rotatable bonds is 4. The first-order chi connectivity index (χ1) is 8.40. The molecular weight excluding hydrogens is 235 g/mol. The molecule has 1 saturated carbocycles. The van der Waals surface area contributed by atoms with Crippen LogP contribution in [0.4, 0.5) is 4.39 Å². The predicted octanol–water partition coefficient (Wildman–Crippen LogP) is 1.25. The molecule has 2 fully saturated rings. The van der Waals surface area contributed by atoms with E-state index >= 15 is 0 Å². The summed E-state index contributed by atoms with van der Waals surface area (Å²) < 4.78 is 12.7. The SMILES string of the molecule is CCC1(C)C(=O)NC(C)(C2CC2)C(=O)N1CCF. The van der Waals surface area contributed by atoms with Crippen molar-refractivity contribution in [2.24, 2.45) is 5.92 Å². The Bertz CT molecular complexity index is 383. The number of carbonyl (C=O) groups is 2. The molecule has 2 aliphatic rings. The number of nitrogens with one attached hydrogen (secondary N) is 1. The molecule has 2 unspecified atom stereocenters. The Labute approximate surface area is 107 Å². The molecule has 102 valence electrons. The monoisotopic (exact) mass is 256 g/mol. The standard InChI is InChI=1S/C13H21FN2O2/c1-4-12(2)10(17)15-13(3,9-5-6-9)11(18)16(12)8-7-14/h9H,4-8H2,1-3H3,(H,15,17). The number of piperazine rings is 1. The largest absolute Gasteiger partial charge is 0.340 e. The maximum Gasteiger partial charge on any atom is 0.249 e. The van der Waals surface area contributed by atoms with Crippen molar-refractivity contribution < 1.29 is 14.0 Å². The minimum absolute atomic E-state index is 0.00109. The van der Waals surface area contributed by atoms with E-state index in [0.717, 1.165) is 12.8 Å². The Balaban J connectivity index is 2.35. The van der Waals surface area contributed by atoms with Gasteiger partial charge in [0.2, 0.25) is 11.8 Å². The molecule has 1 N–H and O–H groups in total. The van der Waals surface area contributed by atoms with Gasteiger partial charge in [-0.1, -0.05) is 6.92 Å². The molecule has 1 heterocycles. The van der Waals surface area contributed by atoms with E-state index in [0.29, 0.717) is 6.42 Å². The molecule has 0 aromatic heterocycles. The van der Waals surface area contributed by atoms with Crippen molar-refractivity contribution in [3.63, 3.8) is 0 Å². The van der Waals surface area contributed by atoms with Crippen LogP contribution in [0.3, 0.4) is 0 Å². The van der Waals surface area contributed by atoms with Crippen molar-refractivity contribution in [1.82, 2.24) is 10.2 Å². The molecule has 0 aromatic carbocycles. The normalized spacial score (nSPS) is 36.8. The lowest BCUT2D eigenvalue weighted by atomic mass is 9.83. The van der Waals surface area contributed by atoms with Crippen LogP contribution in [0, 0.1) is 5.92 Å². The van der Waals surface area contributed by atoms with Gasteiger partial charge in [0.1, 0.15) is 17.8 Å². The topological polar surface area (TPSA) is 49.4 Å². The Morgan fingerprint density at radius 2 is 2.00 bits per heavy atom. The van der Waals surface area contributed by atoms with Gasteiger partial charge >= 0.3 is 0 Å². The molecule has 0 radical (unpaired) electrons. The first kappa shape index (κ1) is 13.3. The molecule has 18 heavy (non-hydrogen) atoms. The fourth-order valence-corrected chi connectivity index (χ4v) is 2.77. The molecule has 2 atom stereocenters. The van der Waals surface area contributed by atoms with E-state index in [4.69, 9.17) is 0 Å². The summed E-state index contributed by atoms with van der Waals surface area (Å²) in [5, 5.41) is 2.88. The molecule has 0 spiro atoms. The lowest BCUT2D eigenvalue weighted by molar-refractivity contribution is -0.163. The van der Waals surface area contributed by atoms with Gasteiger partial charge in [-0.15, -0.1) is 0 Å². The van der Waals surface area contributed by atoms with Crippen molar-refractivity contribution in [3.05, 3.63) is 0 Å². The number of carbonyl (C=O) groups excluding carboxylic acids is 2. The molecule has 2 rings (SSSR count). The third-order valence-electron chi connectivity index (χ3n) is 4.54. The van der Waals surface area contributed by atoms with E-state index in [-0.39, 0.29) is 24.3 Å². The van der Waals surface area contributed by atoms with Gasteiger partial charge < -0.3 is 10.2 Å². The van der Waals surface area contributed by atoms with Crippen LogP contribution in [0.25, 0.3) is 0 Å². The first-order valence-corrected chi connectivity index (χ1v) is 6.60. The average molecular weight is 256 g/mol. The second kappa shape index (κ2) is 4.21. The van der Waals surface area contributed by atoms with Crippen LogP contribution in [-0.4, -0.2) is 41.0 Å². The highest BCUT2D eigenvalue weighted by molar-refractivity contribution is 6.02. The Morgan fingerprint density at radius 3 is 2.44 bits per heavy atom. The molecule has 1 aliphatic heterocycles. The van der Waals surface area contributed by atoms with E-state index in [1.165, 1.54) is 4.90 Å². The highest BCUT2D eigenvalue weighted by Gasteiger charge is 2.58. The maximum absolute atomic E-state index is 12.7. The number of amides is 2. The summed E-state index contributed by atoms with van der Waals surface area (Å²) in [7, 11) is 0. The number of alkyl halides is 1. The lowest BCUT2D eigenvalue weighted by Gasteiger charge is -2.50. The van der Waals surface area contributed by atoms with Gasteiger partial charge in [0.05, 0.1) is 6.54 Å². The van der Waals surface area contributed by atoms with Gasteiger partial charge in [0.25, 0.3) is 0 Å². The second-order valence-corrected chi connectivity index (χ2v) is 5.70. The second-order valence-electron chi connectivity index (χ2n) is 5.70. The molecule has 0 aromatic rings. The van der Waals surface area contributed by atoms with Gasteiger partial charge in [-0.3, -0.25) is 9.59 Å². The smallest absolute Gasteiger partial charge is 0.249 e. The van der Waals surface area contributed by atoms with Crippen LogP contribution in [0.2, 0.25) is 0 Å². The van der Waals surface area contributed by atoms with E-state index in [1.54, 1.807) is 13.8 Å². The van der Waals surface area contributed by atoms with Gasteiger partial charge in [0, 0.05) is 0 Å². The fourth-order valence-electron chi connectivity index (χ4n) is 2.77. The molecule has 5 heteroatoms. The van der Waals surface area contributed by atoms with E-state index in [9.17, 15) is 14.0 Å². The van der Waals surface area contributed by atoms with E-state index in [2.05, 4.69) is 5.32 Å². The van der Waals surface area contributed by atoms with Crippen LogP contribution >= 0.6 is 0 Å². The highest BCUT2D eigenvalue weighted by Crippen LogP contribution is 2.43. The van der Waals surface area contributed by atoms with E-state index < -0.39 is 17.8 Å². The molecule has 0 bridgehead atoms. The third kappa shape index (κ3) is 1.71. The number of hydrogen-bond acceptors (Lipinski definition) is 2. The molecule has 1 saturated heterocycles. The predicted molar refractivity (Wildman–Crippen MR) is 65.7 cm³/mol. The van der Waals surface area contributed by atoms with Gasteiger partial charge in [-0.25, -0.2) is 4.39 Å². The molecule has 2 amide bonds. The highest BCUT2D eigenvalue weighted by atomic mass is 19.1. The zero-order valence-electron chi connectivity index (χ0n) is 11.3. The van der Waals surface area contributed by atoms with Crippen LogP contribution in [0.1, 0.15) is 40.0 Å². The minimum Gasteiger partial charge on any atom is -0.340 e. The summed E-state index contributed by atoms with van der Waals surface area (Å²) in [6.07, 6.45) is 2.40. The summed E-state index contributed by atoms with van der Waals surface area (Å²) in [4.78, 5) is 26.3. The number of hydrogen-bond donors (Lipinski definition) is 1. The first-order valence-electron chi connectivity index (χ1n) is 6.60. The minimum atomic E-state index is -0.919. The maximum atomic E-state index is 12.7. The van der Waals surface area contributed by atoms with Crippen molar-refractivity contribution in [2.75, 3.05) is 13.2 Å². The summed E-state index contributed by atoms with van der Waals surface area (Å²) in [6.45, 7) is 4.71. The van der Waals surface area contributed by atoms with E-state index in [1.807, 2.05) is 6.92 Å². The molecule has 4 nitrogen and oxygen atoms in total. The zero-order chi connectivity index (χ0) is 13.6. The fraction of sp³-hybridized carbons (Fsp3) is 0.846. The molecular formula is C13H21FN2O2. The average Bonchev–Trinajstić information content (AvgIpc) is 3.16. The van der Waals surface area contributed by atoms with Crippen LogP contribution < -0.4 is 5.32 Å². The zero-order valence-corrected chi connectivity index (χ0v) is 11.3. The van der Waals surface area contributed by atoms with Crippen molar-refractivity contribution >= 4 is 11.8 Å². The molecule has 1 aliphatic carbocycles. The summed E-state index contributed by atoms with van der Waals surface area (Å²) in [5.41, 5.74) is -1.75. The van der Waals surface area contributed by atoms with Gasteiger partial charge in [-0.05, 0) is 39.0 Å². The Hall–Kier alpha value is -1.13. The Morgan fingerprint density at radius 1 is 1.39 bits per heavy atom. The van der Waals surface area contributed by atoms with Crippen molar-refractivity contribution in [1.29, 1.82) is 0 Å². The van der Waals surface area contributed by atoms with Crippen LogP contribution in [-0.2, 0) is 9.59 Å². The Kier molecular flexibility index (Phi) is 3.11. The quantitative estimate of drug-likeness (QED) is 0.823. The van der Waals surface area contributed by atoms with Gasteiger partial charge in [0.15, 0.2) is 0 Å². The van der Waals surface area contributed by atoms with Gasteiger partial charge in [-0.2, -0.15) is 0 Å². The third-order valence-corrected chi connectivity index (χ3v) is 4.54. The summed E-state index contributed by atoms with van der Waals surface area (Å²) in [6, 6.07) is 0. The number of nitrogens with zero attached hydrogens (tertiary/aromatic N) is 1. The lowest BCUT2D eigenvalue weighted by Crippen LogP contribution is -2.74.